The number of rotatable bonds is 4. The van der Waals surface area contributed by atoms with Gasteiger partial charge in [-0.2, -0.15) is 0 Å². The molecular formula is C13H13N3O3S. The van der Waals surface area contributed by atoms with Crippen LogP contribution in [-0.4, -0.2) is 25.6 Å². The van der Waals surface area contributed by atoms with Gasteiger partial charge in [0.25, 0.3) is 5.91 Å². The Morgan fingerprint density at radius 3 is 2.55 bits per heavy atom. The summed E-state index contributed by atoms with van der Waals surface area (Å²) in [5.74, 6) is -0.412. The van der Waals surface area contributed by atoms with E-state index in [2.05, 4.69) is 15.0 Å². The first-order valence-corrected chi connectivity index (χ1v) is 7.63. The number of hydrogen-bond donors (Lipinski definition) is 2. The molecule has 1 aromatic carbocycles. The molecule has 20 heavy (non-hydrogen) atoms. The van der Waals surface area contributed by atoms with Crippen molar-refractivity contribution in [2.75, 3.05) is 16.3 Å². The lowest BCUT2D eigenvalue weighted by Gasteiger charge is -2.10. The molecule has 7 heteroatoms. The average Bonchev–Trinajstić information content (AvgIpc) is 2.38. The molecule has 0 unspecified atom stereocenters. The van der Waals surface area contributed by atoms with Crippen molar-refractivity contribution in [3.8, 4) is 0 Å². The van der Waals surface area contributed by atoms with E-state index in [4.69, 9.17) is 0 Å². The van der Waals surface area contributed by atoms with Crippen molar-refractivity contribution in [1.82, 2.24) is 4.98 Å². The average molecular weight is 291 g/mol. The first-order chi connectivity index (χ1) is 9.46. The fraction of sp³-hybridized carbons (Fsp3) is 0.0769. The molecule has 1 aromatic heterocycles. The molecule has 0 fully saturated rings. The predicted molar refractivity (Wildman–Crippen MR) is 77.1 cm³/mol. The van der Waals surface area contributed by atoms with Crippen molar-refractivity contribution in [2.45, 2.75) is 0 Å². The highest BCUT2D eigenvalue weighted by atomic mass is 32.2. The van der Waals surface area contributed by atoms with Crippen molar-refractivity contribution < 1.29 is 13.2 Å². The maximum atomic E-state index is 12.1. The number of nitrogens with zero attached hydrogens (tertiary/aromatic N) is 1. The standard InChI is InChI=1S/C13H13N3O3S/c1-20(18,19)16-12-7-3-2-6-11(12)13(17)15-10-5-4-8-14-9-10/h2-9,16H,1H3,(H,15,17). The molecule has 2 aromatic rings. The van der Waals surface area contributed by atoms with Crippen LogP contribution in [0.5, 0.6) is 0 Å². The van der Waals surface area contributed by atoms with Crippen LogP contribution in [0.4, 0.5) is 11.4 Å². The van der Waals surface area contributed by atoms with Gasteiger partial charge in [0.15, 0.2) is 0 Å². The Labute approximate surface area is 116 Å². The summed E-state index contributed by atoms with van der Waals surface area (Å²) in [7, 11) is -3.45. The number of carbonyl (C=O) groups is 1. The molecule has 104 valence electrons. The fourth-order valence-corrected chi connectivity index (χ4v) is 2.18. The second kappa shape index (κ2) is 5.70. The minimum atomic E-state index is -3.45. The van der Waals surface area contributed by atoms with Gasteiger partial charge in [-0.05, 0) is 24.3 Å². The van der Waals surface area contributed by atoms with E-state index in [9.17, 15) is 13.2 Å². The molecular weight excluding hydrogens is 278 g/mol. The highest BCUT2D eigenvalue weighted by molar-refractivity contribution is 7.92. The number of benzene rings is 1. The van der Waals surface area contributed by atoms with Crippen LogP contribution in [-0.2, 0) is 10.0 Å². The number of anilines is 2. The third kappa shape index (κ3) is 3.79. The zero-order chi connectivity index (χ0) is 14.6. The number of hydrogen-bond acceptors (Lipinski definition) is 4. The highest BCUT2D eigenvalue weighted by Gasteiger charge is 2.13. The van der Waals surface area contributed by atoms with Crippen molar-refractivity contribution in [3.05, 3.63) is 54.4 Å². The quantitative estimate of drug-likeness (QED) is 0.897. The Morgan fingerprint density at radius 1 is 1.15 bits per heavy atom. The smallest absolute Gasteiger partial charge is 0.257 e. The van der Waals surface area contributed by atoms with Crippen molar-refractivity contribution in [3.63, 3.8) is 0 Å². The molecule has 2 rings (SSSR count). The molecule has 0 aliphatic heterocycles. The van der Waals surface area contributed by atoms with E-state index < -0.39 is 15.9 Å². The van der Waals surface area contributed by atoms with E-state index in [1.54, 1.807) is 36.5 Å². The van der Waals surface area contributed by atoms with Crippen molar-refractivity contribution in [2.24, 2.45) is 0 Å². The predicted octanol–water partition coefficient (Wildman–Crippen LogP) is 1.71. The minimum Gasteiger partial charge on any atom is -0.321 e. The van der Waals surface area contributed by atoms with Crippen LogP contribution in [0.3, 0.4) is 0 Å². The Balaban J connectivity index is 2.26. The number of nitrogens with one attached hydrogen (secondary N) is 2. The summed E-state index contributed by atoms with van der Waals surface area (Å²) in [6.45, 7) is 0. The molecule has 1 amide bonds. The summed E-state index contributed by atoms with van der Waals surface area (Å²) in [6.07, 6.45) is 4.13. The van der Waals surface area contributed by atoms with Gasteiger partial charge >= 0.3 is 0 Å². The van der Waals surface area contributed by atoms with Gasteiger partial charge in [0.1, 0.15) is 0 Å². The van der Waals surface area contributed by atoms with E-state index >= 15 is 0 Å². The molecule has 0 spiro atoms. The van der Waals surface area contributed by atoms with Crippen molar-refractivity contribution in [1.29, 1.82) is 0 Å². The maximum Gasteiger partial charge on any atom is 0.257 e. The summed E-state index contributed by atoms with van der Waals surface area (Å²) in [4.78, 5) is 16.0. The zero-order valence-electron chi connectivity index (χ0n) is 10.7. The van der Waals surface area contributed by atoms with Crippen LogP contribution in [0.15, 0.2) is 48.8 Å². The largest absolute Gasteiger partial charge is 0.321 e. The van der Waals surface area contributed by atoms with Crippen molar-refractivity contribution >= 4 is 27.3 Å². The fourth-order valence-electron chi connectivity index (χ4n) is 1.60. The number of carbonyl (C=O) groups excluding carboxylic acids is 1. The SMILES string of the molecule is CS(=O)(=O)Nc1ccccc1C(=O)Nc1cccnc1. The number of aromatic nitrogens is 1. The van der Waals surface area contributed by atoms with Crippen LogP contribution < -0.4 is 10.0 Å². The van der Waals surface area contributed by atoms with E-state index in [0.717, 1.165) is 6.26 Å². The van der Waals surface area contributed by atoms with E-state index in [0.29, 0.717) is 5.69 Å². The van der Waals surface area contributed by atoms with E-state index in [1.165, 1.54) is 12.3 Å². The molecule has 0 aliphatic rings. The van der Waals surface area contributed by atoms with Gasteiger partial charge in [0, 0.05) is 6.20 Å². The van der Waals surface area contributed by atoms with E-state index in [-0.39, 0.29) is 11.3 Å². The van der Waals surface area contributed by atoms with Crippen LogP contribution in [0.25, 0.3) is 0 Å². The van der Waals surface area contributed by atoms with Crippen LogP contribution in [0.1, 0.15) is 10.4 Å². The Kier molecular flexibility index (Phi) is 3.99. The summed E-state index contributed by atoms with van der Waals surface area (Å²) in [5, 5.41) is 2.65. The second-order valence-electron chi connectivity index (χ2n) is 4.12. The number of para-hydroxylation sites is 1. The molecule has 0 radical (unpaired) electrons. The van der Waals surface area contributed by atoms with Crippen LogP contribution >= 0.6 is 0 Å². The molecule has 2 N–H and O–H groups in total. The Morgan fingerprint density at radius 2 is 1.90 bits per heavy atom. The van der Waals surface area contributed by atoms with Gasteiger partial charge in [-0.15, -0.1) is 0 Å². The third-order valence-electron chi connectivity index (χ3n) is 2.39. The first-order valence-electron chi connectivity index (χ1n) is 5.74. The third-order valence-corrected chi connectivity index (χ3v) is 2.98. The topological polar surface area (TPSA) is 88.2 Å². The van der Waals surface area contributed by atoms with Gasteiger partial charge in [-0.1, -0.05) is 12.1 Å². The van der Waals surface area contributed by atoms with Gasteiger partial charge in [-0.3, -0.25) is 14.5 Å². The number of amides is 1. The van der Waals surface area contributed by atoms with Gasteiger partial charge in [0.2, 0.25) is 10.0 Å². The molecule has 0 bridgehead atoms. The lowest BCUT2D eigenvalue weighted by molar-refractivity contribution is 0.102. The lowest BCUT2D eigenvalue weighted by atomic mass is 10.1. The Hall–Kier alpha value is -2.41. The second-order valence-corrected chi connectivity index (χ2v) is 5.86. The maximum absolute atomic E-state index is 12.1. The highest BCUT2D eigenvalue weighted by Crippen LogP contribution is 2.18. The van der Waals surface area contributed by atoms with Crippen LogP contribution in [0, 0.1) is 0 Å². The zero-order valence-corrected chi connectivity index (χ0v) is 11.5. The minimum absolute atomic E-state index is 0.233. The van der Waals surface area contributed by atoms with Gasteiger partial charge < -0.3 is 5.32 Å². The summed E-state index contributed by atoms with van der Waals surface area (Å²) < 4.78 is 24.9. The first kappa shape index (κ1) is 14.0. The molecule has 0 aliphatic carbocycles. The summed E-state index contributed by atoms with van der Waals surface area (Å²) in [6, 6.07) is 9.76. The van der Waals surface area contributed by atoms with E-state index in [1.807, 2.05) is 0 Å². The summed E-state index contributed by atoms with van der Waals surface area (Å²) in [5.41, 5.74) is 1.00. The van der Waals surface area contributed by atoms with Gasteiger partial charge in [-0.25, -0.2) is 8.42 Å². The molecule has 6 nitrogen and oxygen atoms in total. The molecule has 0 saturated carbocycles. The van der Waals surface area contributed by atoms with Gasteiger partial charge in [0.05, 0.1) is 29.4 Å². The summed E-state index contributed by atoms with van der Waals surface area (Å²) >= 11 is 0. The Bertz CT molecular complexity index is 715. The molecule has 1 heterocycles. The lowest BCUT2D eigenvalue weighted by Crippen LogP contribution is -2.17. The number of pyridine rings is 1. The monoisotopic (exact) mass is 291 g/mol. The number of sulfonamides is 1. The van der Waals surface area contributed by atoms with Crippen LogP contribution in [0.2, 0.25) is 0 Å². The normalized spacial score (nSPS) is 10.8. The molecule has 0 atom stereocenters. The molecule has 0 saturated heterocycles.